The highest BCUT2D eigenvalue weighted by atomic mass is 16.6. The van der Waals surface area contributed by atoms with E-state index in [4.69, 9.17) is 18.9 Å². The standard InChI is InChI=1S/C28H36N2O6/c1-19(25-17-33-21-11-7-9-13-23(21)35-25)29-27(31)15-5-3-4-6-16-28(32)30-20(2)26-18-34-22-12-8-10-14-24(22)36-26/h7-14,19-20,25-26H,3-6,15-18H2,1-2H3,(H,29,31)(H,30,32). The zero-order chi connectivity index (χ0) is 25.3. The van der Waals surface area contributed by atoms with E-state index in [2.05, 4.69) is 10.6 Å². The SMILES string of the molecule is CC(NC(=O)CCCCCCC(=O)NC(C)C1COc2ccccc2O1)C1COc2ccccc2O1. The molecule has 36 heavy (non-hydrogen) atoms. The summed E-state index contributed by atoms with van der Waals surface area (Å²) >= 11 is 0. The number of amides is 2. The molecule has 0 aliphatic carbocycles. The molecule has 0 saturated heterocycles. The van der Waals surface area contributed by atoms with Crippen molar-refractivity contribution in [1.82, 2.24) is 10.6 Å². The van der Waals surface area contributed by atoms with Gasteiger partial charge in [0.25, 0.3) is 0 Å². The summed E-state index contributed by atoms with van der Waals surface area (Å²) in [5.74, 6) is 2.90. The van der Waals surface area contributed by atoms with Gasteiger partial charge >= 0.3 is 0 Å². The van der Waals surface area contributed by atoms with Crippen LogP contribution in [0.3, 0.4) is 0 Å². The lowest BCUT2D eigenvalue weighted by Gasteiger charge is -2.30. The van der Waals surface area contributed by atoms with Gasteiger partial charge in [-0.05, 0) is 51.0 Å². The largest absolute Gasteiger partial charge is 0.486 e. The zero-order valence-corrected chi connectivity index (χ0v) is 21.0. The molecular formula is C28H36N2O6. The van der Waals surface area contributed by atoms with Gasteiger partial charge in [0.05, 0.1) is 12.1 Å². The van der Waals surface area contributed by atoms with Gasteiger partial charge in [0.15, 0.2) is 35.2 Å². The molecule has 2 amide bonds. The van der Waals surface area contributed by atoms with Gasteiger partial charge < -0.3 is 29.6 Å². The van der Waals surface area contributed by atoms with Gasteiger partial charge in [-0.2, -0.15) is 0 Å². The number of carbonyl (C=O) groups is 2. The third kappa shape index (κ3) is 7.06. The second-order valence-corrected chi connectivity index (χ2v) is 9.45. The number of fused-ring (bicyclic) bond motifs is 2. The van der Waals surface area contributed by atoms with Crippen molar-refractivity contribution in [2.75, 3.05) is 13.2 Å². The smallest absolute Gasteiger partial charge is 0.220 e. The molecular weight excluding hydrogens is 460 g/mol. The Morgan fingerprint density at radius 3 is 1.50 bits per heavy atom. The first-order chi connectivity index (χ1) is 17.5. The Balaban J connectivity index is 1.05. The van der Waals surface area contributed by atoms with Gasteiger partial charge in [0.2, 0.25) is 11.8 Å². The number of para-hydroxylation sites is 4. The molecule has 2 aromatic carbocycles. The number of carbonyl (C=O) groups excluding carboxylic acids is 2. The number of unbranched alkanes of at least 4 members (excludes halogenated alkanes) is 3. The topological polar surface area (TPSA) is 95.1 Å². The fourth-order valence-corrected chi connectivity index (χ4v) is 4.33. The van der Waals surface area contributed by atoms with Crippen LogP contribution in [0.5, 0.6) is 23.0 Å². The molecule has 0 saturated carbocycles. The Bertz CT molecular complexity index is 947. The fourth-order valence-electron chi connectivity index (χ4n) is 4.33. The van der Waals surface area contributed by atoms with Gasteiger partial charge in [0.1, 0.15) is 13.2 Å². The molecule has 0 bridgehead atoms. The van der Waals surface area contributed by atoms with E-state index in [-0.39, 0.29) is 36.1 Å². The number of hydrogen-bond donors (Lipinski definition) is 2. The summed E-state index contributed by atoms with van der Waals surface area (Å²) in [5, 5.41) is 6.04. The van der Waals surface area contributed by atoms with Crippen LogP contribution in [0, 0.1) is 0 Å². The van der Waals surface area contributed by atoms with Crippen LogP contribution >= 0.6 is 0 Å². The maximum atomic E-state index is 12.3. The molecule has 0 radical (unpaired) electrons. The quantitative estimate of drug-likeness (QED) is 0.457. The van der Waals surface area contributed by atoms with E-state index < -0.39 is 0 Å². The van der Waals surface area contributed by atoms with Crippen LogP contribution in [0.1, 0.15) is 52.4 Å². The number of hydrogen-bond acceptors (Lipinski definition) is 6. The Kier molecular flexibility index (Phi) is 8.92. The van der Waals surface area contributed by atoms with E-state index in [1.807, 2.05) is 62.4 Å². The summed E-state index contributed by atoms with van der Waals surface area (Å²) < 4.78 is 23.4. The number of benzene rings is 2. The number of rotatable bonds is 11. The molecule has 2 aliphatic rings. The highest BCUT2D eigenvalue weighted by Gasteiger charge is 2.28. The lowest BCUT2D eigenvalue weighted by molar-refractivity contribution is -0.123. The van der Waals surface area contributed by atoms with Crippen molar-refractivity contribution in [2.24, 2.45) is 0 Å². The predicted octanol–water partition coefficient (Wildman–Crippen LogP) is 4.02. The lowest BCUT2D eigenvalue weighted by Crippen LogP contribution is -2.48. The highest BCUT2D eigenvalue weighted by molar-refractivity contribution is 5.76. The van der Waals surface area contributed by atoms with Crippen LogP contribution < -0.4 is 29.6 Å². The third-order valence-electron chi connectivity index (χ3n) is 6.51. The van der Waals surface area contributed by atoms with Gasteiger partial charge in [-0.3, -0.25) is 9.59 Å². The summed E-state index contributed by atoms with van der Waals surface area (Å²) in [7, 11) is 0. The minimum atomic E-state index is -0.218. The van der Waals surface area contributed by atoms with Gasteiger partial charge in [-0.1, -0.05) is 37.1 Å². The van der Waals surface area contributed by atoms with Gasteiger partial charge in [-0.25, -0.2) is 0 Å². The van der Waals surface area contributed by atoms with Gasteiger partial charge in [0, 0.05) is 12.8 Å². The van der Waals surface area contributed by atoms with Crippen LogP contribution in [-0.4, -0.2) is 49.3 Å². The van der Waals surface area contributed by atoms with Crippen LogP contribution in [-0.2, 0) is 9.59 Å². The molecule has 2 N–H and O–H groups in total. The average molecular weight is 497 g/mol. The molecule has 2 aromatic rings. The van der Waals surface area contributed by atoms with Crippen molar-refractivity contribution in [3.63, 3.8) is 0 Å². The maximum Gasteiger partial charge on any atom is 0.220 e. The molecule has 0 fully saturated rings. The zero-order valence-electron chi connectivity index (χ0n) is 21.0. The minimum Gasteiger partial charge on any atom is -0.486 e. The summed E-state index contributed by atoms with van der Waals surface area (Å²) in [6.45, 7) is 4.68. The van der Waals surface area contributed by atoms with Crippen molar-refractivity contribution in [3.05, 3.63) is 48.5 Å². The summed E-state index contributed by atoms with van der Waals surface area (Å²) in [6.07, 6.45) is 3.85. The third-order valence-corrected chi connectivity index (χ3v) is 6.51. The average Bonchev–Trinajstić information content (AvgIpc) is 2.90. The van der Waals surface area contributed by atoms with Crippen molar-refractivity contribution < 1.29 is 28.5 Å². The first-order valence-corrected chi connectivity index (χ1v) is 12.9. The van der Waals surface area contributed by atoms with Crippen LogP contribution in [0.2, 0.25) is 0 Å². The number of ether oxygens (including phenoxy) is 4. The van der Waals surface area contributed by atoms with Crippen LogP contribution in [0.4, 0.5) is 0 Å². The first-order valence-electron chi connectivity index (χ1n) is 12.9. The van der Waals surface area contributed by atoms with E-state index in [1.165, 1.54) is 0 Å². The Morgan fingerprint density at radius 2 is 1.08 bits per heavy atom. The maximum absolute atomic E-state index is 12.3. The minimum absolute atomic E-state index is 0.00722. The normalized spacial score (nSPS) is 19.6. The highest BCUT2D eigenvalue weighted by Crippen LogP contribution is 2.32. The Labute approximate surface area is 212 Å². The molecule has 4 rings (SSSR count). The molecule has 194 valence electrons. The molecule has 2 heterocycles. The van der Waals surface area contributed by atoms with Crippen molar-refractivity contribution in [3.8, 4) is 23.0 Å². The van der Waals surface area contributed by atoms with E-state index >= 15 is 0 Å². The van der Waals surface area contributed by atoms with Crippen LogP contribution in [0.15, 0.2) is 48.5 Å². The van der Waals surface area contributed by atoms with Crippen LogP contribution in [0.25, 0.3) is 0 Å². The molecule has 8 nitrogen and oxygen atoms in total. The molecule has 0 aromatic heterocycles. The molecule has 4 atom stereocenters. The van der Waals surface area contributed by atoms with Crippen molar-refractivity contribution >= 4 is 11.8 Å². The summed E-state index contributed by atoms with van der Waals surface area (Å²) in [6, 6.07) is 14.8. The molecule has 0 spiro atoms. The summed E-state index contributed by atoms with van der Waals surface area (Å²) in [4.78, 5) is 24.7. The number of nitrogens with one attached hydrogen (secondary N) is 2. The monoisotopic (exact) mass is 496 g/mol. The Morgan fingerprint density at radius 1 is 0.694 bits per heavy atom. The van der Waals surface area contributed by atoms with E-state index in [1.54, 1.807) is 0 Å². The van der Waals surface area contributed by atoms with Gasteiger partial charge in [-0.15, -0.1) is 0 Å². The van der Waals surface area contributed by atoms with E-state index in [0.29, 0.717) is 37.6 Å². The predicted molar refractivity (Wildman–Crippen MR) is 136 cm³/mol. The van der Waals surface area contributed by atoms with Crippen molar-refractivity contribution in [1.29, 1.82) is 0 Å². The second-order valence-electron chi connectivity index (χ2n) is 9.45. The molecule has 4 unspecified atom stereocenters. The lowest BCUT2D eigenvalue weighted by atomic mass is 10.1. The summed E-state index contributed by atoms with van der Waals surface area (Å²) in [5.41, 5.74) is 0. The molecule has 8 heteroatoms. The van der Waals surface area contributed by atoms with E-state index in [9.17, 15) is 9.59 Å². The molecule has 2 aliphatic heterocycles. The second kappa shape index (κ2) is 12.5. The fraction of sp³-hybridized carbons (Fsp3) is 0.500. The first kappa shape index (κ1) is 25.7. The van der Waals surface area contributed by atoms with E-state index in [0.717, 1.165) is 37.2 Å². The Hall–Kier alpha value is -3.42. The van der Waals surface area contributed by atoms with Crippen molar-refractivity contribution in [2.45, 2.75) is 76.7 Å².